The van der Waals surface area contributed by atoms with Crippen LogP contribution in [0.25, 0.3) is 0 Å². The summed E-state index contributed by atoms with van der Waals surface area (Å²) in [6, 6.07) is -0.870. The first-order valence-corrected chi connectivity index (χ1v) is 4.78. The van der Waals surface area contributed by atoms with E-state index in [1.54, 1.807) is 0 Å². The van der Waals surface area contributed by atoms with Crippen molar-refractivity contribution in [2.45, 2.75) is 32.9 Å². The Morgan fingerprint density at radius 2 is 1.93 bits per heavy atom. The van der Waals surface area contributed by atoms with Crippen LogP contribution in [0, 0.1) is 0 Å². The summed E-state index contributed by atoms with van der Waals surface area (Å²) in [5.74, 6) is -1.42. The van der Waals surface area contributed by atoms with Crippen molar-refractivity contribution in [1.29, 1.82) is 0 Å². The van der Waals surface area contributed by atoms with E-state index in [2.05, 4.69) is 10.6 Å². The Morgan fingerprint density at radius 1 is 1.33 bits per heavy atom. The first-order valence-electron chi connectivity index (χ1n) is 4.78. The lowest BCUT2D eigenvalue weighted by molar-refractivity contribution is -0.141. The minimum absolute atomic E-state index is 0.0460. The molecular weight excluding hydrogens is 200 g/mol. The van der Waals surface area contributed by atoms with Gasteiger partial charge < -0.3 is 15.2 Å². The maximum absolute atomic E-state index is 11.1. The van der Waals surface area contributed by atoms with Crippen molar-refractivity contribution in [2.24, 2.45) is 0 Å². The highest BCUT2D eigenvalue weighted by Gasteiger charge is 2.12. The van der Waals surface area contributed by atoms with Gasteiger partial charge in [-0.2, -0.15) is 0 Å². The maximum Gasteiger partial charge on any atom is 0.325 e. The predicted octanol–water partition coefficient (Wildman–Crippen LogP) is -0.452. The fourth-order valence-electron chi connectivity index (χ4n) is 0.744. The van der Waals surface area contributed by atoms with Gasteiger partial charge in [-0.15, -0.1) is 0 Å². The average Bonchev–Trinajstić information content (AvgIpc) is 2.12. The Balaban J connectivity index is 3.54. The van der Waals surface area contributed by atoms with Crippen molar-refractivity contribution in [3.8, 4) is 0 Å². The minimum atomic E-state index is -1.05. The van der Waals surface area contributed by atoms with Crippen molar-refractivity contribution in [3.63, 3.8) is 0 Å². The van der Waals surface area contributed by atoms with Crippen LogP contribution < -0.4 is 10.6 Å². The lowest BCUT2D eigenvalue weighted by Crippen LogP contribution is -2.43. The number of amides is 1. The average molecular weight is 218 g/mol. The molecule has 0 fully saturated rings. The molecule has 0 aromatic rings. The van der Waals surface area contributed by atoms with Gasteiger partial charge in [0.2, 0.25) is 5.91 Å². The van der Waals surface area contributed by atoms with Gasteiger partial charge in [0, 0.05) is 0 Å². The molecule has 6 nitrogen and oxygen atoms in total. The molecule has 0 saturated carbocycles. The van der Waals surface area contributed by atoms with E-state index in [1.165, 1.54) is 6.92 Å². The summed E-state index contributed by atoms with van der Waals surface area (Å²) in [7, 11) is 0. The molecule has 0 heterocycles. The topological polar surface area (TPSA) is 87.7 Å². The number of hydrogen-bond donors (Lipinski definition) is 3. The summed E-state index contributed by atoms with van der Waals surface area (Å²) in [6.45, 7) is 5.49. The second-order valence-corrected chi connectivity index (χ2v) is 3.41. The number of ether oxygens (including phenoxy) is 1. The zero-order valence-electron chi connectivity index (χ0n) is 9.24. The van der Waals surface area contributed by atoms with Crippen LogP contribution >= 0.6 is 0 Å². The first-order chi connectivity index (χ1) is 6.93. The molecule has 1 unspecified atom stereocenters. The number of rotatable bonds is 7. The van der Waals surface area contributed by atoms with E-state index in [1.807, 2.05) is 13.8 Å². The summed E-state index contributed by atoms with van der Waals surface area (Å²) in [6.07, 6.45) is 0.0958. The molecule has 88 valence electrons. The van der Waals surface area contributed by atoms with Crippen molar-refractivity contribution in [3.05, 3.63) is 0 Å². The Hall–Kier alpha value is -1.14. The van der Waals surface area contributed by atoms with Crippen molar-refractivity contribution >= 4 is 11.9 Å². The Labute approximate surface area is 89.0 Å². The molecule has 1 amide bonds. The molecule has 0 aliphatic heterocycles. The summed E-state index contributed by atoms with van der Waals surface area (Å²) in [5.41, 5.74) is 0. The molecule has 0 aliphatic carbocycles. The Kier molecular flexibility index (Phi) is 6.64. The van der Waals surface area contributed by atoms with Crippen LogP contribution in [-0.2, 0) is 14.3 Å². The highest BCUT2D eigenvalue weighted by atomic mass is 16.5. The fraction of sp³-hybridized carbons (Fsp3) is 0.778. The highest BCUT2D eigenvalue weighted by molar-refractivity contribution is 5.84. The SMILES string of the molecule is CC(C)OCNCC(=O)NC(C)C(=O)O. The second kappa shape index (κ2) is 7.19. The van der Waals surface area contributed by atoms with E-state index in [9.17, 15) is 9.59 Å². The monoisotopic (exact) mass is 218 g/mol. The Morgan fingerprint density at radius 3 is 2.40 bits per heavy atom. The van der Waals surface area contributed by atoms with Gasteiger partial charge in [0.25, 0.3) is 0 Å². The van der Waals surface area contributed by atoms with E-state index in [4.69, 9.17) is 9.84 Å². The predicted molar refractivity (Wildman–Crippen MR) is 54.3 cm³/mol. The molecule has 0 spiro atoms. The number of nitrogens with one attached hydrogen (secondary N) is 2. The van der Waals surface area contributed by atoms with Crippen LogP contribution in [-0.4, -0.2) is 42.4 Å². The van der Waals surface area contributed by atoms with Gasteiger partial charge >= 0.3 is 5.97 Å². The third kappa shape index (κ3) is 7.90. The summed E-state index contributed by atoms with van der Waals surface area (Å²) < 4.78 is 5.14. The van der Waals surface area contributed by atoms with E-state index < -0.39 is 12.0 Å². The van der Waals surface area contributed by atoms with Crippen LogP contribution in [0.1, 0.15) is 20.8 Å². The highest BCUT2D eigenvalue weighted by Crippen LogP contribution is 1.84. The number of aliphatic carboxylic acids is 1. The van der Waals surface area contributed by atoms with Crippen LogP contribution in [0.3, 0.4) is 0 Å². The van der Waals surface area contributed by atoms with Crippen molar-refractivity contribution in [2.75, 3.05) is 13.3 Å². The van der Waals surface area contributed by atoms with Gasteiger partial charge in [-0.25, -0.2) is 0 Å². The maximum atomic E-state index is 11.1. The van der Waals surface area contributed by atoms with Crippen LogP contribution in [0.4, 0.5) is 0 Å². The Bertz CT molecular complexity index is 218. The fourth-order valence-corrected chi connectivity index (χ4v) is 0.744. The number of carbonyl (C=O) groups excluding carboxylic acids is 1. The van der Waals surface area contributed by atoms with Gasteiger partial charge in [-0.1, -0.05) is 0 Å². The smallest absolute Gasteiger partial charge is 0.325 e. The molecule has 6 heteroatoms. The van der Waals surface area contributed by atoms with Crippen LogP contribution in [0.2, 0.25) is 0 Å². The quantitative estimate of drug-likeness (QED) is 0.398. The van der Waals surface area contributed by atoms with Gasteiger partial charge in [0.15, 0.2) is 0 Å². The zero-order valence-corrected chi connectivity index (χ0v) is 9.24. The van der Waals surface area contributed by atoms with Gasteiger partial charge in [0.1, 0.15) is 6.04 Å². The molecule has 1 atom stereocenters. The molecular formula is C9H18N2O4. The van der Waals surface area contributed by atoms with Crippen molar-refractivity contribution < 1.29 is 19.4 Å². The zero-order chi connectivity index (χ0) is 11.8. The summed E-state index contributed by atoms with van der Waals surface area (Å²) in [5, 5.41) is 13.6. The largest absolute Gasteiger partial charge is 0.480 e. The molecule has 0 aliphatic rings. The van der Waals surface area contributed by atoms with E-state index in [0.29, 0.717) is 0 Å². The summed E-state index contributed by atoms with van der Waals surface area (Å²) >= 11 is 0. The van der Waals surface area contributed by atoms with Gasteiger partial charge in [-0.05, 0) is 20.8 Å². The number of hydrogen-bond acceptors (Lipinski definition) is 4. The molecule has 0 aromatic heterocycles. The van der Waals surface area contributed by atoms with Gasteiger partial charge in [0.05, 0.1) is 19.4 Å². The van der Waals surface area contributed by atoms with Crippen LogP contribution in [0.5, 0.6) is 0 Å². The first kappa shape index (κ1) is 13.9. The van der Waals surface area contributed by atoms with Gasteiger partial charge in [-0.3, -0.25) is 14.9 Å². The molecule has 0 rings (SSSR count). The molecule has 3 N–H and O–H groups in total. The lowest BCUT2D eigenvalue weighted by atomic mass is 10.3. The molecule has 15 heavy (non-hydrogen) atoms. The number of carboxylic acid groups (broad SMARTS) is 1. The second-order valence-electron chi connectivity index (χ2n) is 3.41. The van der Waals surface area contributed by atoms with E-state index in [0.717, 1.165) is 0 Å². The minimum Gasteiger partial charge on any atom is -0.480 e. The number of carbonyl (C=O) groups is 2. The van der Waals surface area contributed by atoms with Crippen molar-refractivity contribution in [1.82, 2.24) is 10.6 Å². The molecule has 0 saturated heterocycles. The van der Waals surface area contributed by atoms with E-state index >= 15 is 0 Å². The molecule has 0 bridgehead atoms. The number of carboxylic acids is 1. The standard InChI is InChI=1S/C9H18N2O4/c1-6(2)15-5-10-4-8(12)11-7(3)9(13)14/h6-7,10H,4-5H2,1-3H3,(H,11,12)(H,13,14). The van der Waals surface area contributed by atoms with Crippen LogP contribution in [0.15, 0.2) is 0 Å². The lowest BCUT2D eigenvalue weighted by Gasteiger charge is -2.11. The molecule has 0 radical (unpaired) electrons. The normalized spacial score (nSPS) is 12.5. The third-order valence-electron chi connectivity index (χ3n) is 1.55. The third-order valence-corrected chi connectivity index (χ3v) is 1.55. The summed E-state index contributed by atoms with van der Waals surface area (Å²) in [4.78, 5) is 21.5. The van der Waals surface area contributed by atoms with E-state index in [-0.39, 0.29) is 25.3 Å². The molecule has 0 aromatic carbocycles.